The van der Waals surface area contributed by atoms with Crippen molar-refractivity contribution < 1.29 is 9.21 Å². The van der Waals surface area contributed by atoms with Crippen LogP contribution in [0.15, 0.2) is 59.5 Å². The average Bonchev–Trinajstić information content (AvgIpc) is 3.14. The van der Waals surface area contributed by atoms with Crippen molar-refractivity contribution in [3.8, 4) is 0 Å². The molecule has 128 valence electrons. The molecule has 0 bridgehead atoms. The van der Waals surface area contributed by atoms with Crippen molar-refractivity contribution in [2.24, 2.45) is 0 Å². The number of aromatic nitrogens is 2. The van der Waals surface area contributed by atoms with Crippen LogP contribution in [-0.2, 0) is 6.54 Å². The lowest BCUT2D eigenvalue weighted by Crippen LogP contribution is -2.23. The maximum absolute atomic E-state index is 12.0. The van der Waals surface area contributed by atoms with Crippen molar-refractivity contribution >= 4 is 23.1 Å². The molecule has 2 heterocycles. The van der Waals surface area contributed by atoms with E-state index in [1.54, 1.807) is 18.4 Å². The molecule has 3 aromatic rings. The summed E-state index contributed by atoms with van der Waals surface area (Å²) < 4.78 is 5.16. The smallest absolute Gasteiger partial charge is 0.271 e. The first-order chi connectivity index (χ1) is 12.1. The maximum Gasteiger partial charge on any atom is 0.271 e. The lowest BCUT2D eigenvalue weighted by molar-refractivity contribution is 0.0942. The first-order valence-electron chi connectivity index (χ1n) is 7.79. The highest BCUT2D eigenvalue weighted by atomic mass is 16.3. The predicted molar refractivity (Wildman–Crippen MR) is 96.0 cm³/mol. The molecule has 1 aromatic carbocycles. The van der Waals surface area contributed by atoms with E-state index in [0.717, 1.165) is 11.4 Å². The van der Waals surface area contributed by atoms with Gasteiger partial charge in [0.1, 0.15) is 17.3 Å². The number of hydrogen-bond donors (Lipinski definition) is 2. The Morgan fingerprint density at radius 1 is 1.12 bits per heavy atom. The first kappa shape index (κ1) is 16.5. The monoisotopic (exact) mass is 337 g/mol. The summed E-state index contributed by atoms with van der Waals surface area (Å²) in [7, 11) is 3.98. The van der Waals surface area contributed by atoms with Crippen LogP contribution in [0.2, 0.25) is 0 Å². The standard InChI is InChI=1S/C18H19N5O2/c1-23(2)14-7-5-13(6-8-14)22-17-12-19-16(11-20-17)18(24)21-10-15-4-3-9-25-15/h3-9,11-12H,10H2,1-2H3,(H,20,22)(H,21,24). The van der Waals surface area contributed by atoms with Crippen molar-refractivity contribution in [2.45, 2.75) is 6.54 Å². The van der Waals surface area contributed by atoms with Crippen LogP contribution < -0.4 is 15.5 Å². The predicted octanol–water partition coefficient (Wildman–Crippen LogP) is 2.81. The number of nitrogens with zero attached hydrogens (tertiary/aromatic N) is 3. The van der Waals surface area contributed by atoms with Gasteiger partial charge in [-0.25, -0.2) is 9.97 Å². The highest BCUT2D eigenvalue weighted by Gasteiger charge is 2.08. The summed E-state index contributed by atoms with van der Waals surface area (Å²) >= 11 is 0. The number of anilines is 3. The molecule has 0 aliphatic carbocycles. The number of carbonyl (C=O) groups excluding carboxylic acids is 1. The van der Waals surface area contributed by atoms with Crippen molar-refractivity contribution in [3.63, 3.8) is 0 Å². The molecule has 2 N–H and O–H groups in total. The zero-order valence-electron chi connectivity index (χ0n) is 14.1. The molecule has 0 atom stereocenters. The summed E-state index contributed by atoms with van der Waals surface area (Å²) in [5.74, 6) is 0.951. The summed E-state index contributed by atoms with van der Waals surface area (Å²) in [6.07, 6.45) is 4.53. The Kier molecular flexibility index (Phi) is 4.94. The van der Waals surface area contributed by atoms with E-state index in [9.17, 15) is 4.79 Å². The fourth-order valence-corrected chi connectivity index (χ4v) is 2.17. The van der Waals surface area contributed by atoms with E-state index in [2.05, 4.69) is 20.6 Å². The van der Waals surface area contributed by atoms with Gasteiger partial charge in [-0.05, 0) is 36.4 Å². The van der Waals surface area contributed by atoms with Gasteiger partial charge < -0.3 is 20.0 Å². The minimum atomic E-state index is -0.300. The van der Waals surface area contributed by atoms with Crippen molar-refractivity contribution in [3.05, 3.63) is 66.5 Å². The summed E-state index contributed by atoms with van der Waals surface area (Å²) in [6.45, 7) is 0.311. The Balaban J connectivity index is 1.58. The molecule has 1 amide bonds. The van der Waals surface area contributed by atoms with Crippen molar-refractivity contribution in [1.29, 1.82) is 0 Å². The van der Waals surface area contributed by atoms with Crippen LogP contribution in [-0.4, -0.2) is 30.0 Å². The Labute approximate surface area is 145 Å². The van der Waals surface area contributed by atoms with Gasteiger partial charge in [0.25, 0.3) is 5.91 Å². The van der Waals surface area contributed by atoms with Crippen LogP contribution in [0.3, 0.4) is 0 Å². The van der Waals surface area contributed by atoms with Crippen LogP contribution in [0.4, 0.5) is 17.2 Å². The minimum Gasteiger partial charge on any atom is -0.467 e. The third-order valence-corrected chi connectivity index (χ3v) is 3.54. The summed E-state index contributed by atoms with van der Waals surface area (Å²) in [5, 5.41) is 5.88. The molecule has 0 radical (unpaired) electrons. The van der Waals surface area contributed by atoms with E-state index >= 15 is 0 Å². The van der Waals surface area contributed by atoms with Crippen LogP contribution in [0.1, 0.15) is 16.2 Å². The van der Waals surface area contributed by atoms with Gasteiger partial charge in [0.15, 0.2) is 0 Å². The Morgan fingerprint density at radius 3 is 2.52 bits per heavy atom. The lowest BCUT2D eigenvalue weighted by atomic mass is 10.2. The second-order valence-electron chi connectivity index (χ2n) is 5.62. The Morgan fingerprint density at radius 2 is 1.92 bits per heavy atom. The van der Waals surface area contributed by atoms with Crippen LogP contribution in [0.25, 0.3) is 0 Å². The lowest BCUT2D eigenvalue weighted by Gasteiger charge is -2.13. The second kappa shape index (κ2) is 7.48. The number of benzene rings is 1. The number of amides is 1. The number of carbonyl (C=O) groups is 1. The van der Waals surface area contributed by atoms with Gasteiger partial charge in [0.2, 0.25) is 0 Å². The van der Waals surface area contributed by atoms with Gasteiger partial charge in [0.05, 0.1) is 25.2 Å². The van der Waals surface area contributed by atoms with Gasteiger partial charge in [-0.2, -0.15) is 0 Å². The highest BCUT2D eigenvalue weighted by molar-refractivity contribution is 5.91. The van der Waals surface area contributed by atoms with Crippen molar-refractivity contribution in [2.75, 3.05) is 24.3 Å². The molecule has 0 fully saturated rings. The van der Waals surface area contributed by atoms with Gasteiger partial charge in [0, 0.05) is 25.5 Å². The normalized spacial score (nSPS) is 10.3. The van der Waals surface area contributed by atoms with E-state index in [4.69, 9.17) is 4.42 Å². The molecule has 0 aliphatic heterocycles. The van der Waals surface area contributed by atoms with Gasteiger partial charge >= 0.3 is 0 Å². The fraction of sp³-hybridized carbons (Fsp3) is 0.167. The molecule has 0 saturated heterocycles. The molecule has 2 aromatic heterocycles. The zero-order valence-corrected chi connectivity index (χ0v) is 14.1. The third kappa shape index (κ3) is 4.35. The molecular weight excluding hydrogens is 318 g/mol. The average molecular weight is 337 g/mol. The van der Waals surface area contributed by atoms with E-state index in [1.807, 2.05) is 43.3 Å². The molecule has 7 nitrogen and oxygen atoms in total. The summed E-state index contributed by atoms with van der Waals surface area (Å²) in [6, 6.07) is 11.5. The molecule has 25 heavy (non-hydrogen) atoms. The highest BCUT2D eigenvalue weighted by Crippen LogP contribution is 2.18. The molecule has 0 unspecified atom stereocenters. The van der Waals surface area contributed by atoms with E-state index in [-0.39, 0.29) is 11.6 Å². The quantitative estimate of drug-likeness (QED) is 0.720. The van der Waals surface area contributed by atoms with Crippen LogP contribution >= 0.6 is 0 Å². The molecule has 0 aliphatic rings. The third-order valence-electron chi connectivity index (χ3n) is 3.54. The van der Waals surface area contributed by atoms with Gasteiger partial charge in [-0.15, -0.1) is 0 Å². The van der Waals surface area contributed by atoms with E-state index in [1.165, 1.54) is 12.4 Å². The van der Waals surface area contributed by atoms with Crippen molar-refractivity contribution in [1.82, 2.24) is 15.3 Å². The second-order valence-corrected chi connectivity index (χ2v) is 5.62. The van der Waals surface area contributed by atoms with Crippen LogP contribution in [0.5, 0.6) is 0 Å². The van der Waals surface area contributed by atoms with Gasteiger partial charge in [-0.3, -0.25) is 4.79 Å². The number of rotatable bonds is 6. The Hall–Kier alpha value is -3.35. The minimum absolute atomic E-state index is 0.250. The number of furan rings is 1. The molecule has 0 spiro atoms. The zero-order chi connectivity index (χ0) is 17.6. The number of nitrogens with one attached hydrogen (secondary N) is 2. The van der Waals surface area contributed by atoms with E-state index < -0.39 is 0 Å². The molecule has 7 heteroatoms. The Bertz CT molecular complexity index is 812. The maximum atomic E-state index is 12.0. The summed E-state index contributed by atoms with van der Waals surface area (Å²) in [4.78, 5) is 22.4. The largest absolute Gasteiger partial charge is 0.467 e. The molecular formula is C18H19N5O2. The van der Waals surface area contributed by atoms with Gasteiger partial charge in [-0.1, -0.05) is 0 Å². The SMILES string of the molecule is CN(C)c1ccc(Nc2cnc(C(=O)NCc3ccco3)cn2)cc1. The summed E-state index contributed by atoms with van der Waals surface area (Å²) in [5.41, 5.74) is 2.26. The molecule has 0 saturated carbocycles. The van der Waals surface area contributed by atoms with Crippen LogP contribution in [0, 0.1) is 0 Å². The first-order valence-corrected chi connectivity index (χ1v) is 7.79. The van der Waals surface area contributed by atoms with E-state index in [0.29, 0.717) is 18.1 Å². The fourth-order valence-electron chi connectivity index (χ4n) is 2.17. The topological polar surface area (TPSA) is 83.3 Å². The molecule has 3 rings (SSSR count). The number of hydrogen-bond acceptors (Lipinski definition) is 6.